The molecule has 0 spiro atoms. The van der Waals surface area contributed by atoms with Crippen LogP contribution in [-0.2, 0) is 19.4 Å². The Morgan fingerprint density at radius 1 is 1.36 bits per heavy atom. The molecule has 0 atom stereocenters. The third kappa shape index (κ3) is 3.31. The highest BCUT2D eigenvalue weighted by Crippen LogP contribution is 2.33. The largest absolute Gasteiger partial charge is 0.438 e. The fourth-order valence-corrected chi connectivity index (χ4v) is 3.50. The SMILES string of the molecule is CCc1c(F)cccc1Oc1ncnc2c1CCN(c1cn[nH]c(=O)c1Cl)C2. The second-order valence-electron chi connectivity index (χ2n) is 6.35. The molecular weight excluding hydrogens is 385 g/mol. The van der Waals surface area contributed by atoms with E-state index in [1.165, 1.54) is 18.6 Å². The summed E-state index contributed by atoms with van der Waals surface area (Å²) in [6, 6.07) is 4.76. The lowest BCUT2D eigenvalue weighted by atomic mass is 10.1. The molecular formula is C19H17ClFN5O2. The number of H-pyrrole nitrogens is 1. The number of hydrogen-bond acceptors (Lipinski definition) is 6. The average molecular weight is 402 g/mol. The van der Waals surface area contributed by atoms with E-state index in [1.54, 1.807) is 12.1 Å². The Hall–Kier alpha value is -3.00. The number of anilines is 1. The molecule has 1 N–H and O–H groups in total. The molecule has 0 unspecified atom stereocenters. The number of nitrogens with zero attached hydrogens (tertiary/aromatic N) is 4. The summed E-state index contributed by atoms with van der Waals surface area (Å²) in [6.45, 7) is 2.89. The molecule has 2 aromatic heterocycles. The molecule has 1 aromatic carbocycles. The van der Waals surface area contributed by atoms with Crippen molar-refractivity contribution in [1.29, 1.82) is 0 Å². The molecule has 144 valence electrons. The number of hydrogen-bond donors (Lipinski definition) is 1. The van der Waals surface area contributed by atoms with E-state index in [2.05, 4.69) is 20.2 Å². The molecule has 0 bridgehead atoms. The van der Waals surface area contributed by atoms with E-state index in [1.807, 2.05) is 11.8 Å². The maximum absolute atomic E-state index is 14.0. The van der Waals surface area contributed by atoms with Crippen molar-refractivity contribution < 1.29 is 9.13 Å². The standard InChI is InChI=1S/C19H17ClFN5O2/c1-2-11-13(21)4-3-5-16(11)28-19-12-6-7-26(9-14(12)22-10-23-19)15-8-24-25-18(27)17(15)20/h3-5,8,10H,2,6-7,9H2,1H3,(H,25,27). The van der Waals surface area contributed by atoms with Crippen molar-refractivity contribution in [2.45, 2.75) is 26.3 Å². The van der Waals surface area contributed by atoms with Gasteiger partial charge in [0.2, 0.25) is 5.88 Å². The van der Waals surface area contributed by atoms with Crippen LogP contribution in [0.5, 0.6) is 11.6 Å². The molecule has 7 nitrogen and oxygen atoms in total. The first-order valence-electron chi connectivity index (χ1n) is 8.84. The summed E-state index contributed by atoms with van der Waals surface area (Å²) in [7, 11) is 0. The lowest BCUT2D eigenvalue weighted by molar-refractivity contribution is 0.438. The molecule has 28 heavy (non-hydrogen) atoms. The Morgan fingerprint density at radius 2 is 2.21 bits per heavy atom. The van der Waals surface area contributed by atoms with E-state index >= 15 is 0 Å². The van der Waals surface area contributed by atoms with Gasteiger partial charge in [0, 0.05) is 17.7 Å². The van der Waals surface area contributed by atoms with Gasteiger partial charge in [0.05, 0.1) is 24.1 Å². The van der Waals surface area contributed by atoms with Crippen LogP contribution in [0, 0.1) is 5.82 Å². The maximum atomic E-state index is 14.0. The molecule has 3 aromatic rings. The van der Waals surface area contributed by atoms with Crippen molar-refractivity contribution in [3.05, 3.63) is 68.7 Å². The van der Waals surface area contributed by atoms with Gasteiger partial charge in [-0.25, -0.2) is 19.5 Å². The average Bonchev–Trinajstić information content (AvgIpc) is 2.70. The second-order valence-corrected chi connectivity index (χ2v) is 6.72. The van der Waals surface area contributed by atoms with E-state index in [9.17, 15) is 9.18 Å². The number of halogens is 2. The van der Waals surface area contributed by atoms with Crippen LogP contribution in [0.15, 0.2) is 35.5 Å². The van der Waals surface area contributed by atoms with Gasteiger partial charge in [-0.2, -0.15) is 5.10 Å². The summed E-state index contributed by atoms with van der Waals surface area (Å²) < 4.78 is 20.0. The van der Waals surface area contributed by atoms with Crippen LogP contribution >= 0.6 is 11.6 Å². The Balaban J connectivity index is 1.65. The van der Waals surface area contributed by atoms with E-state index in [-0.39, 0.29) is 10.8 Å². The molecule has 9 heteroatoms. The molecule has 0 amide bonds. The minimum Gasteiger partial charge on any atom is -0.438 e. The van der Waals surface area contributed by atoms with Gasteiger partial charge in [-0.05, 0) is 25.0 Å². The highest BCUT2D eigenvalue weighted by Gasteiger charge is 2.25. The van der Waals surface area contributed by atoms with Crippen molar-refractivity contribution >= 4 is 17.3 Å². The number of fused-ring (bicyclic) bond motifs is 1. The van der Waals surface area contributed by atoms with Gasteiger partial charge >= 0.3 is 0 Å². The zero-order valence-electron chi connectivity index (χ0n) is 15.1. The van der Waals surface area contributed by atoms with Crippen molar-refractivity contribution in [3.63, 3.8) is 0 Å². The summed E-state index contributed by atoms with van der Waals surface area (Å²) in [5, 5.41) is 6.22. The van der Waals surface area contributed by atoms with Crippen molar-refractivity contribution in [1.82, 2.24) is 20.2 Å². The number of rotatable bonds is 4. The molecule has 0 fully saturated rings. The Bertz CT molecular complexity index is 1090. The van der Waals surface area contributed by atoms with Gasteiger partial charge in [-0.3, -0.25) is 4.79 Å². The predicted octanol–water partition coefficient (Wildman–Crippen LogP) is 3.27. The lowest BCUT2D eigenvalue weighted by Crippen LogP contribution is -2.33. The molecule has 1 aliphatic heterocycles. The van der Waals surface area contributed by atoms with Gasteiger partial charge in [-0.15, -0.1) is 0 Å². The Morgan fingerprint density at radius 3 is 3.04 bits per heavy atom. The third-order valence-corrected chi connectivity index (χ3v) is 5.09. The maximum Gasteiger partial charge on any atom is 0.285 e. The van der Waals surface area contributed by atoms with Gasteiger partial charge in [0.25, 0.3) is 5.56 Å². The zero-order chi connectivity index (χ0) is 19.7. The summed E-state index contributed by atoms with van der Waals surface area (Å²) in [5.41, 5.74) is 2.25. The van der Waals surface area contributed by atoms with Crippen LogP contribution in [0.1, 0.15) is 23.7 Å². The predicted molar refractivity (Wildman–Crippen MR) is 103 cm³/mol. The van der Waals surface area contributed by atoms with Crippen LogP contribution in [0.2, 0.25) is 5.02 Å². The molecule has 0 saturated carbocycles. The number of nitrogens with one attached hydrogen (secondary N) is 1. The quantitative estimate of drug-likeness (QED) is 0.722. The Labute approximate surface area is 165 Å². The summed E-state index contributed by atoms with van der Waals surface area (Å²) in [5.74, 6) is 0.568. The fraction of sp³-hybridized carbons (Fsp3) is 0.263. The van der Waals surface area contributed by atoms with Crippen LogP contribution in [0.25, 0.3) is 0 Å². The van der Waals surface area contributed by atoms with Crippen LogP contribution in [-0.4, -0.2) is 26.7 Å². The molecule has 0 aliphatic carbocycles. The monoisotopic (exact) mass is 401 g/mol. The lowest BCUT2D eigenvalue weighted by Gasteiger charge is -2.30. The molecule has 1 aliphatic rings. The van der Waals surface area contributed by atoms with Crippen LogP contribution in [0.3, 0.4) is 0 Å². The van der Waals surface area contributed by atoms with Gasteiger partial charge in [0.1, 0.15) is 22.9 Å². The third-order valence-electron chi connectivity index (χ3n) is 4.72. The first kappa shape index (κ1) is 18.4. The first-order valence-corrected chi connectivity index (χ1v) is 9.22. The van der Waals surface area contributed by atoms with Crippen molar-refractivity contribution in [2.24, 2.45) is 0 Å². The number of benzene rings is 1. The van der Waals surface area contributed by atoms with Crippen LogP contribution in [0.4, 0.5) is 10.1 Å². The Kier molecular flexibility index (Phi) is 4.95. The summed E-state index contributed by atoms with van der Waals surface area (Å²) in [4.78, 5) is 22.3. The number of aromatic nitrogens is 4. The highest BCUT2D eigenvalue weighted by molar-refractivity contribution is 6.32. The molecule has 0 radical (unpaired) electrons. The van der Waals surface area contributed by atoms with Crippen molar-refractivity contribution in [3.8, 4) is 11.6 Å². The normalized spacial score (nSPS) is 13.3. The molecule has 0 saturated heterocycles. The van der Waals surface area contributed by atoms with Gasteiger partial charge in [-0.1, -0.05) is 24.6 Å². The number of aromatic amines is 1. The topological polar surface area (TPSA) is 84.0 Å². The second kappa shape index (κ2) is 7.55. The summed E-state index contributed by atoms with van der Waals surface area (Å²) >= 11 is 6.12. The van der Waals surface area contributed by atoms with Crippen molar-refractivity contribution in [2.75, 3.05) is 11.4 Å². The first-order chi connectivity index (χ1) is 13.6. The van der Waals surface area contributed by atoms with E-state index < -0.39 is 5.56 Å². The fourth-order valence-electron chi connectivity index (χ4n) is 3.29. The molecule has 3 heterocycles. The van der Waals surface area contributed by atoms with E-state index in [0.717, 1.165) is 11.3 Å². The smallest absolute Gasteiger partial charge is 0.285 e. The van der Waals surface area contributed by atoms with E-state index in [4.69, 9.17) is 16.3 Å². The number of ether oxygens (including phenoxy) is 1. The minimum atomic E-state index is -0.435. The van der Waals surface area contributed by atoms with Gasteiger partial charge < -0.3 is 9.64 Å². The molecule has 4 rings (SSSR count). The summed E-state index contributed by atoms with van der Waals surface area (Å²) in [6.07, 6.45) is 4.04. The van der Waals surface area contributed by atoms with E-state index in [0.29, 0.717) is 48.8 Å². The van der Waals surface area contributed by atoms with Gasteiger partial charge in [0.15, 0.2) is 0 Å². The zero-order valence-corrected chi connectivity index (χ0v) is 15.8. The highest BCUT2D eigenvalue weighted by atomic mass is 35.5. The minimum absolute atomic E-state index is 0.0938. The van der Waals surface area contributed by atoms with Crippen LogP contribution < -0.4 is 15.2 Å².